The summed E-state index contributed by atoms with van der Waals surface area (Å²) < 4.78 is 24.4. The molecule has 0 atom stereocenters. The number of hydrogen-bond acceptors (Lipinski definition) is 4. The molecule has 0 unspecified atom stereocenters. The Bertz CT molecular complexity index is 517. The van der Waals surface area contributed by atoms with Crippen LogP contribution >= 0.6 is 0 Å². The maximum Gasteiger partial charge on any atom is 0.211 e. The van der Waals surface area contributed by atoms with Crippen molar-refractivity contribution in [2.24, 2.45) is 0 Å². The number of nitrogens with zero attached hydrogens (tertiary/aromatic N) is 3. The van der Waals surface area contributed by atoms with Crippen LogP contribution in [0.5, 0.6) is 0 Å². The maximum absolute atomic E-state index is 11.4. The van der Waals surface area contributed by atoms with Crippen molar-refractivity contribution in [1.82, 2.24) is 9.29 Å². The van der Waals surface area contributed by atoms with Gasteiger partial charge in [0.15, 0.2) is 0 Å². The van der Waals surface area contributed by atoms with Gasteiger partial charge in [0.1, 0.15) is 0 Å². The van der Waals surface area contributed by atoms with Crippen LogP contribution in [0.4, 0.5) is 5.69 Å². The fourth-order valence-corrected chi connectivity index (χ4v) is 3.03. The first-order valence-corrected chi connectivity index (χ1v) is 8.39. The zero-order valence-corrected chi connectivity index (χ0v) is 12.5. The minimum Gasteiger partial charge on any atom is -0.368 e. The summed E-state index contributed by atoms with van der Waals surface area (Å²) in [5.74, 6) is 0.427. The number of pyridine rings is 1. The van der Waals surface area contributed by atoms with Gasteiger partial charge in [-0.2, -0.15) is 4.31 Å². The molecular weight excluding hydrogens is 262 g/mol. The summed E-state index contributed by atoms with van der Waals surface area (Å²) >= 11 is 0. The molecule has 19 heavy (non-hydrogen) atoms. The number of piperazine rings is 1. The first kappa shape index (κ1) is 14.3. The van der Waals surface area contributed by atoms with E-state index in [9.17, 15) is 8.42 Å². The molecule has 0 N–H and O–H groups in total. The van der Waals surface area contributed by atoms with E-state index in [-0.39, 0.29) is 0 Å². The number of anilines is 1. The smallest absolute Gasteiger partial charge is 0.211 e. The summed E-state index contributed by atoms with van der Waals surface area (Å²) in [5, 5.41) is 0. The van der Waals surface area contributed by atoms with Crippen LogP contribution in [0.2, 0.25) is 0 Å². The van der Waals surface area contributed by atoms with E-state index in [2.05, 4.69) is 29.8 Å². The third-order valence-electron chi connectivity index (χ3n) is 3.44. The predicted octanol–water partition coefficient (Wildman–Crippen LogP) is 1.29. The van der Waals surface area contributed by atoms with Gasteiger partial charge in [-0.3, -0.25) is 4.98 Å². The molecular formula is C13H21N3O2S. The fraction of sp³-hybridized carbons (Fsp3) is 0.615. The van der Waals surface area contributed by atoms with E-state index >= 15 is 0 Å². The topological polar surface area (TPSA) is 53.5 Å². The number of rotatable bonds is 3. The molecule has 1 aliphatic heterocycles. The second-order valence-electron chi connectivity index (χ2n) is 5.25. The molecule has 1 aliphatic rings. The number of sulfonamides is 1. The van der Waals surface area contributed by atoms with E-state index in [1.807, 2.05) is 12.3 Å². The van der Waals surface area contributed by atoms with E-state index in [0.29, 0.717) is 19.0 Å². The van der Waals surface area contributed by atoms with Gasteiger partial charge >= 0.3 is 0 Å². The summed E-state index contributed by atoms with van der Waals surface area (Å²) in [6.45, 7) is 6.76. The van der Waals surface area contributed by atoms with Crippen LogP contribution in [0.1, 0.15) is 25.5 Å². The predicted molar refractivity (Wildman–Crippen MR) is 77.0 cm³/mol. The first-order valence-electron chi connectivity index (χ1n) is 6.54. The van der Waals surface area contributed by atoms with E-state index in [1.54, 1.807) is 0 Å². The Morgan fingerprint density at radius 3 is 2.21 bits per heavy atom. The normalized spacial score (nSPS) is 18.0. The molecule has 106 valence electrons. The van der Waals surface area contributed by atoms with E-state index in [4.69, 9.17) is 0 Å². The van der Waals surface area contributed by atoms with Crippen LogP contribution in [0.25, 0.3) is 0 Å². The molecule has 5 nitrogen and oxygen atoms in total. The maximum atomic E-state index is 11.4. The van der Waals surface area contributed by atoms with Crippen LogP contribution in [0, 0.1) is 0 Å². The molecule has 2 heterocycles. The molecule has 0 aromatic carbocycles. The Kier molecular flexibility index (Phi) is 4.10. The van der Waals surface area contributed by atoms with Crippen molar-refractivity contribution in [3.63, 3.8) is 0 Å². The molecule has 0 saturated carbocycles. The summed E-state index contributed by atoms with van der Waals surface area (Å²) in [4.78, 5) is 6.63. The molecule has 6 heteroatoms. The molecule has 0 radical (unpaired) electrons. The SMILES string of the molecule is CC(C)c1ccc(N2CCN(S(C)(=O)=O)CC2)cn1. The molecule has 1 aromatic rings. The summed E-state index contributed by atoms with van der Waals surface area (Å²) in [6.07, 6.45) is 3.15. The van der Waals surface area contributed by atoms with Crippen LogP contribution < -0.4 is 4.90 Å². The van der Waals surface area contributed by atoms with Crippen molar-refractivity contribution in [3.8, 4) is 0 Å². The lowest BCUT2D eigenvalue weighted by molar-refractivity contribution is 0.388. The Balaban J connectivity index is 2.02. The summed E-state index contributed by atoms with van der Waals surface area (Å²) in [6, 6.07) is 4.11. The van der Waals surface area contributed by atoms with Crippen molar-refractivity contribution in [2.75, 3.05) is 37.3 Å². The highest BCUT2D eigenvalue weighted by Crippen LogP contribution is 2.19. The van der Waals surface area contributed by atoms with Gasteiger partial charge in [-0.05, 0) is 18.1 Å². The highest BCUT2D eigenvalue weighted by Gasteiger charge is 2.23. The standard InChI is InChI=1S/C13H21N3O2S/c1-11(2)13-5-4-12(10-14-13)15-6-8-16(9-7-15)19(3,17)18/h4-5,10-11H,6-9H2,1-3H3. The van der Waals surface area contributed by atoms with Gasteiger partial charge in [-0.15, -0.1) is 0 Å². The van der Waals surface area contributed by atoms with Gasteiger partial charge in [-0.1, -0.05) is 13.8 Å². The lowest BCUT2D eigenvalue weighted by Gasteiger charge is -2.34. The number of hydrogen-bond donors (Lipinski definition) is 0. The summed E-state index contributed by atoms with van der Waals surface area (Å²) in [7, 11) is -3.06. The van der Waals surface area contributed by atoms with Gasteiger partial charge in [0, 0.05) is 31.9 Å². The molecule has 1 fully saturated rings. The zero-order valence-electron chi connectivity index (χ0n) is 11.7. The third-order valence-corrected chi connectivity index (χ3v) is 4.74. The average molecular weight is 283 g/mol. The molecule has 0 amide bonds. The molecule has 1 aromatic heterocycles. The number of aromatic nitrogens is 1. The second-order valence-corrected chi connectivity index (χ2v) is 7.23. The van der Waals surface area contributed by atoms with Crippen LogP contribution in [0.15, 0.2) is 18.3 Å². The second kappa shape index (κ2) is 5.46. The Morgan fingerprint density at radius 1 is 1.16 bits per heavy atom. The minimum atomic E-state index is -3.06. The van der Waals surface area contributed by atoms with Gasteiger partial charge < -0.3 is 4.90 Å². The zero-order chi connectivity index (χ0) is 14.0. The van der Waals surface area contributed by atoms with Crippen molar-refractivity contribution < 1.29 is 8.42 Å². The van der Waals surface area contributed by atoms with Gasteiger partial charge in [0.25, 0.3) is 0 Å². The van der Waals surface area contributed by atoms with Crippen molar-refractivity contribution in [1.29, 1.82) is 0 Å². The molecule has 1 saturated heterocycles. The lowest BCUT2D eigenvalue weighted by atomic mass is 10.1. The van der Waals surface area contributed by atoms with Crippen molar-refractivity contribution in [2.45, 2.75) is 19.8 Å². The third kappa shape index (κ3) is 3.45. The van der Waals surface area contributed by atoms with E-state index in [1.165, 1.54) is 10.6 Å². The highest BCUT2D eigenvalue weighted by molar-refractivity contribution is 7.88. The molecule has 0 spiro atoms. The Hall–Kier alpha value is -1.14. The highest BCUT2D eigenvalue weighted by atomic mass is 32.2. The van der Waals surface area contributed by atoms with Gasteiger partial charge in [-0.25, -0.2) is 8.42 Å². The molecule has 2 rings (SSSR count). The Morgan fingerprint density at radius 2 is 1.79 bits per heavy atom. The van der Waals surface area contributed by atoms with Crippen LogP contribution in [-0.4, -0.2) is 50.1 Å². The van der Waals surface area contributed by atoms with Crippen LogP contribution in [-0.2, 0) is 10.0 Å². The van der Waals surface area contributed by atoms with E-state index in [0.717, 1.165) is 24.5 Å². The summed E-state index contributed by atoms with van der Waals surface area (Å²) in [5.41, 5.74) is 2.15. The molecule has 0 aliphatic carbocycles. The Labute approximate surface area is 115 Å². The van der Waals surface area contributed by atoms with Crippen molar-refractivity contribution >= 4 is 15.7 Å². The molecule has 0 bridgehead atoms. The minimum absolute atomic E-state index is 0.427. The quantitative estimate of drug-likeness (QED) is 0.839. The largest absolute Gasteiger partial charge is 0.368 e. The monoisotopic (exact) mass is 283 g/mol. The fourth-order valence-electron chi connectivity index (χ4n) is 2.20. The van der Waals surface area contributed by atoms with Crippen LogP contribution in [0.3, 0.4) is 0 Å². The average Bonchev–Trinajstić information content (AvgIpc) is 2.38. The lowest BCUT2D eigenvalue weighted by Crippen LogP contribution is -2.48. The van der Waals surface area contributed by atoms with Gasteiger partial charge in [0.05, 0.1) is 18.1 Å². The van der Waals surface area contributed by atoms with Crippen molar-refractivity contribution in [3.05, 3.63) is 24.0 Å². The van der Waals surface area contributed by atoms with Gasteiger partial charge in [0.2, 0.25) is 10.0 Å². The first-order chi connectivity index (χ1) is 8.88. The van der Waals surface area contributed by atoms with E-state index < -0.39 is 10.0 Å².